The lowest BCUT2D eigenvalue weighted by atomic mass is 10.1. The third-order valence-electron chi connectivity index (χ3n) is 5.35. The van der Waals surface area contributed by atoms with E-state index in [0.29, 0.717) is 44.9 Å². The zero-order chi connectivity index (χ0) is 25.7. The highest BCUT2D eigenvalue weighted by Gasteiger charge is 2.32. The number of likely N-dealkylation sites (N-methyl/N-ethyl adjacent to an activating group) is 1. The molecule has 1 aliphatic heterocycles. The zero-order valence-electron chi connectivity index (χ0n) is 19.6. The summed E-state index contributed by atoms with van der Waals surface area (Å²) in [6.45, 7) is 2.30. The first-order chi connectivity index (χ1) is 17.4. The molecule has 184 valence electrons. The van der Waals surface area contributed by atoms with Gasteiger partial charge in [-0.2, -0.15) is 0 Å². The van der Waals surface area contributed by atoms with Gasteiger partial charge in [-0.3, -0.25) is 9.69 Å². The third-order valence-corrected chi connectivity index (χ3v) is 6.36. The molecule has 0 aromatic heterocycles. The van der Waals surface area contributed by atoms with Crippen LogP contribution in [-0.4, -0.2) is 40.7 Å². The minimum Gasteiger partial charge on any atom is -0.493 e. The monoisotopic (exact) mass is 506 g/mol. The van der Waals surface area contributed by atoms with Crippen LogP contribution in [-0.2, 0) is 11.4 Å². The second-order valence-corrected chi connectivity index (χ2v) is 8.71. The fourth-order valence-corrected chi connectivity index (χ4v) is 4.57. The van der Waals surface area contributed by atoms with Crippen LogP contribution in [0.4, 0.5) is 10.1 Å². The van der Waals surface area contributed by atoms with Crippen LogP contribution in [0.15, 0.2) is 76.6 Å². The second-order valence-electron chi connectivity index (χ2n) is 7.70. The number of amidine groups is 1. The van der Waals surface area contributed by atoms with Crippen LogP contribution in [0, 0.1) is 5.82 Å². The summed E-state index contributed by atoms with van der Waals surface area (Å²) in [7, 11) is 1.51. The van der Waals surface area contributed by atoms with Gasteiger partial charge in [0.1, 0.15) is 12.4 Å². The van der Waals surface area contributed by atoms with Gasteiger partial charge in [0.25, 0.3) is 5.91 Å². The van der Waals surface area contributed by atoms with E-state index in [2.05, 4.69) is 4.99 Å². The molecule has 1 N–H and O–H groups in total. The van der Waals surface area contributed by atoms with E-state index in [9.17, 15) is 19.1 Å². The Morgan fingerprint density at radius 2 is 1.92 bits per heavy atom. The summed E-state index contributed by atoms with van der Waals surface area (Å²) in [5.74, 6) is -0.695. The summed E-state index contributed by atoms with van der Waals surface area (Å²) >= 11 is 1.21. The van der Waals surface area contributed by atoms with Gasteiger partial charge in [-0.1, -0.05) is 30.3 Å². The number of hydrogen-bond donors (Lipinski definition) is 1. The summed E-state index contributed by atoms with van der Waals surface area (Å²) in [6, 6.07) is 17.9. The molecule has 4 rings (SSSR count). The van der Waals surface area contributed by atoms with Gasteiger partial charge >= 0.3 is 5.97 Å². The van der Waals surface area contributed by atoms with Crippen molar-refractivity contribution >= 4 is 40.6 Å². The predicted octanol–water partition coefficient (Wildman–Crippen LogP) is 5.74. The van der Waals surface area contributed by atoms with Crippen molar-refractivity contribution in [3.63, 3.8) is 0 Å². The maximum atomic E-state index is 13.9. The van der Waals surface area contributed by atoms with Gasteiger partial charge in [0, 0.05) is 12.1 Å². The molecule has 1 amide bonds. The summed E-state index contributed by atoms with van der Waals surface area (Å²) in [5.41, 5.74) is 1.71. The molecule has 3 aromatic rings. The molecule has 0 radical (unpaired) electrons. The molecule has 1 fully saturated rings. The molecule has 7 nitrogen and oxygen atoms in total. The van der Waals surface area contributed by atoms with E-state index >= 15 is 0 Å². The second kappa shape index (κ2) is 11.1. The number of carboxylic acids is 1. The molecule has 9 heteroatoms. The van der Waals surface area contributed by atoms with Crippen LogP contribution < -0.4 is 9.47 Å². The van der Waals surface area contributed by atoms with E-state index < -0.39 is 5.97 Å². The van der Waals surface area contributed by atoms with E-state index in [1.807, 2.05) is 6.92 Å². The smallest absolute Gasteiger partial charge is 0.335 e. The summed E-state index contributed by atoms with van der Waals surface area (Å²) < 4.78 is 25.1. The molecule has 1 saturated heterocycles. The average Bonchev–Trinajstić information content (AvgIpc) is 3.17. The highest BCUT2D eigenvalue weighted by atomic mass is 32.2. The first-order valence-electron chi connectivity index (χ1n) is 11.1. The number of hydrogen-bond acceptors (Lipinski definition) is 6. The number of amides is 1. The Bertz CT molecular complexity index is 1370. The fraction of sp³-hybridized carbons (Fsp3) is 0.148. The highest BCUT2D eigenvalue weighted by molar-refractivity contribution is 8.18. The first-order valence-corrected chi connectivity index (χ1v) is 11.9. The number of nitrogens with zero attached hydrogens (tertiary/aromatic N) is 2. The van der Waals surface area contributed by atoms with Crippen LogP contribution in [0.3, 0.4) is 0 Å². The number of carbonyl (C=O) groups is 2. The van der Waals surface area contributed by atoms with E-state index in [1.165, 1.54) is 42.0 Å². The van der Waals surface area contributed by atoms with Crippen molar-refractivity contribution in [3.05, 3.63) is 94.1 Å². The maximum Gasteiger partial charge on any atom is 0.335 e. The Kier molecular flexibility index (Phi) is 7.70. The van der Waals surface area contributed by atoms with Crippen LogP contribution in [0.1, 0.15) is 28.4 Å². The van der Waals surface area contributed by atoms with Gasteiger partial charge in [0.05, 0.1) is 23.3 Å². The molecule has 36 heavy (non-hydrogen) atoms. The van der Waals surface area contributed by atoms with Gasteiger partial charge in [0.2, 0.25) is 0 Å². The number of benzene rings is 3. The van der Waals surface area contributed by atoms with Gasteiger partial charge in [-0.15, -0.1) is 0 Å². The normalized spacial score (nSPS) is 15.5. The van der Waals surface area contributed by atoms with E-state index in [-0.39, 0.29) is 23.9 Å². The number of methoxy groups -OCH3 is 1. The van der Waals surface area contributed by atoms with Crippen molar-refractivity contribution in [2.45, 2.75) is 13.5 Å². The largest absolute Gasteiger partial charge is 0.493 e. The highest BCUT2D eigenvalue weighted by Crippen LogP contribution is 2.36. The summed E-state index contributed by atoms with van der Waals surface area (Å²) in [5, 5.41) is 9.69. The Morgan fingerprint density at radius 3 is 2.64 bits per heavy atom. The van der Waals surface area contributed by atoms with E-state index in [0.717, 1.165) is 0 Å². The number of aromatic carboxylic acids is 1. The third kappa shape index (κ3) is 5.58. The minimum atomic E-state index is -1.05. The van der Waals surface area contributed by atoms with Crippen LogP contribution in [0.5, 0.6) is 11.5 Å². The summed E-state index contributed by atoms with van der Waals surface area (Å²) in [4.78, 5) is 30.8. The number of ether oxygens (including phenoxy) is 2. The molecule has 1 heterocycles. The van der Waals surface area contributed by atoms with Gasteiger partial charge < -0.3 is 14.6 Å². The van der Waals surface area contributed by atoms with Crippen molar-refractivity contribution in [1.82, 2.24) is 4.90 Å². The minimum absolute atomic E-state index is 0.0478. The molecule has 0 spiro atoms. The Morgan fingerprint density at radius 1 is 1.11 bits per heavy atom. The lowest BCUT2D eigenvalue weighted by molar-refractivity contribution is -0.122. The Labute approximate surface area is 211 Å². The Balaban J connectivity index is 1.56. The number of carbonyl (C=O) groups excluding carboxylic acids is 1. The van der Waals surface area contributed by atoms with Crippen LogP contribution in [0.2, 0.25) is 0 Å². The number of thioether (sulfide) groups is 1. The van der Waals surface area contributed by atoms with Crippen molar-refractivity contribution in [3.8, 4) is 11.5 Å². The SMILES string of the molecule is CCN1C(=O)C(=Cc2ccc(OCc3ccccc3F)c(OC)c2)SC1=Nc1cccc(C(=O)O)c1. The first kappa shape index (κ1) is 25.0. The predicted molar refractivity (Wildman–Crippen MR) is 137 cm³/mol. The Hall–Kier alpha value is -4.11. The lowest BCUT2D eigenvalue weighted by Crippen LogP contribution is -2.28. The summed E-state index contributed by atoms with van der Waals surface area (Å²) in [6.07, 6.45) is 1.73. The quantitative estimate of drug-likeness (QED) is 0.392. The maximum absolute atomic E-state index is 13.9. The van der Waals surface area contributed by atoms with Gasteiger partial charge in [-0.05, 0) is 66.7 Å². The average molecular weight is 507 g/mol. The zero-order valence-corrected chi connectivity index (χ0v) is 20.4. The number of carboxylic acid groups (broad SMARTS) is 1. The molecular weight excluding hydrogens is 483 g/mol. The molecule has 3 aromatic carbocycles. The number of aliphatic imine (C=N–C) groups is 1. The molecule has 0 unspecified atom stereocenters. The van der Waals surface area contributed by atoms with E-state index in [4.69, 9.17) is 9.47 Å². The van der Waals surface area contributed by atoms with Gasteiger partial charge in [-0.25, -0.2) is 14.2 Å². The molecular formula is C27H23FN2O5S. The fourth-order valence-electron chi connectivity index (χ4n) is 3.50. The van der Waals surface area contributed by atoms with Gasteiger partial charge in [0.15, 0.2) is 16.7 Å². The molecule has 0 saturated carbocycles. The van der Waals surface area contributed by atoms with Crippen LogP contribution >= 0.6 is 11.8 Å². The van der Waals surface area contributed by atoms with Crippen molar-refractivity contribution in [2.24, 2.45) is 4.99 Å². The van der Waals surface area contributed by atoms with Crippen LogP contribution in [0.25, 0.3) is 6.08 Å². The molecule has 1 aliphatic rings. The number of halogens is 1. The standard InChI is InChI=1S/C27H23FN2O5S/c1-3-30-25(31)24(36-27(30)29-20-9-6-8-18(15-20)26(32)33)14-17-11-12-22(23(13-17)34-2)35-16-19-7-4-5-10-21(19)28/h4-15H,3,16H2,1-2H3,(H,32,33). The topological polar surface area (TPSA) is 88.4 Å². The molecule has 0 aliphatic carbocycles. The van der Waals surface area contributed by atoms with Crippen molar-refractivity contribution < 1.29 is 28.6 Å². The lowest BCUT2D eigenvalue weighted by Gasteiger charge is -2.12. The van der Waals surface area contributed by atoms with E-state index in [1.54, 1.807) is 54.6 Å². The molecule has 0 bridgehead atoms. The van der Waals surface area contributed by atoms with Crippen molar-refractivity contribution in [1.29, 1.82) is 0 Å². The molecule has 0 atom stereocenters. The van der Waals surface area contributed by atoms with Crippen molar-refractivity contribution in [2.75, 3.05) is 13.7 Å². The number of rotatable bonds is 8.